The third-order valence-electron chi connectivity index (χ3n) is 4.85. The van der Waals surface area contributed by atoms with E-state index in [1.807, 2.05) is 60.7 Å². The van der Waals surface area contributed by atoms with Crippen molar-refractivity contribution in [2.45, 2.75) is 6.92 Å². The molecule has 1 aromatic heterocycles. The van der Waals surface area contributed by atoms with Crippen LogP contribution in [0, 0.1) is 0 Å². The monoisotopic (exact) mass is 409 g/mol. The first-order chi connectivity index (χ1) is 15.0. The van der Waals surface area contributed by atoms with Crippen molar-refractivity contribution < 1.29 is 9.59 Å². The fourth-order valence-corrected chi connectivity index (χ4v) is 3.37. The zero-order chi connectivity index (χ0) is 21.8. The number of carbonyl (C=O) groups excluding carboxylic acids is 2. The molecule has 0 aliphatic carbocycles. The number of nitrogens with one attached hydrogen (secondary N) is 2. The molecule has 31 heavy (non-hydrogen) atoms. The number of nitrogens with zero attached hydrogens (tertiary/aromatic N) is 1. The first-order valence-corrected chi connectivity index (χ1v) is 9.70. The molecule has 6 nitrogen and oxygen atoms in total. The Bertz CT molecular complexity index is 1310. The average Bonchev–Trinajstić information content (AvgIpc) is 2.80. The highest BCUT2D eigenvalue weighted by Crippen LogP contribution is 2.31. The summed E-state index contributed by atoms with van der Waals surface area (Å²) in [4.78, 5) is 37.7. The minimum atomic E-state index is -0.598. The van der Waals surface area contributed by atoms with Crippen molar-refractivity contribution in [2.75, 3.05) is 5.32 Å². The third kappa shape index (κ3) is 4.18. The van der Waals surface area contributed by atoms with Crippen molar-refractivity contribution in [3.05, 3.63) is 106 Å². The molecule has 0 aliphatic rings. The Balaban J connectivity index is 1.87. The van der Waals surface area contributed by atoms with E-state index in [1.54, 1.807) is 24.3 Å². The van der Waals surface area contributed by atoms with Crippen molar-refractivity contribution in [3.63, 3.8) is 0 Å². The number of aromatic amines is 1. The molecular formula is C25H19N3O3. The van der Waals surface area contributed by atoms with Crippen LogP contribution < -0.4 is 10.9 Å². The maximum Gasteiger partial charge on any atom is 0.277 e. The summed E-state index contributed by atoms with van der Waals surface area (Å²) in [5.41, 5.74) is 2.65. The largest absolute Gasteiger partial charge is 0.322 e. The molecule has 0 atom stereocenters. The lowest BCUT2D eigenvalue weighted by Crippen LogP contribution is -2.26. The molecule has 1 heterocycles. The quantitative estimate of drug-likeness (QED) is 0.473. The molecule has 0 fully saturated rings. The molecule has 3 aromatic carbocycles. The molecule has 4 rings (SSSR count). The van der Waals surface area contributed by atoms with E-state index in [9.17, 15) is 14.4 Å². The molecule has 2 N–H and O–H groups in total. The number of rotatable bonds is 5. The number of hydrogen-bond acceptors (Lipinski definition) is 4. The maximum atomic E-state index is 13.2. The molecule has 0 bridgehead atoms. The molecule has 152 valence electrons. The number of hydrogen-bond donors (Lipinski definition) is 2. The van der Waals surface area contributed by atoms with Crippen molar-refractivity contribution in [3.8, 4) is 22.4 Å². The van der Waals surface area contributed by atoms with Crippen molar-refractivity contribution in [1.29, 1.82) is 0 Å². The van der Waals surface area contributed by atoms with Crippen molar-refractivity contribution >= 4 is 17.4 Å². The van der Waals surface area contributed by atoms with Gasteiger partial charge in [0.25, 0.3) is 11.5 Å². The third-order valence-corrected chi connectivity index (χ3v) is 4.85. The summed E-state index contributed by atoms with van der Waals surface area (Å²) in [7, 11) is 0. The highest BCUT2D eigenvalue weighted by molar-refractivity contribution is 6.10. The van der Waals surface area contributed by atoms with Gasteiger partial charge in [0.15, 0.2) is 5.78 Å². The van der Waals surface area contributed by atoms with Gasteiger partial charge in [-0.05, 0) is 24.6 Å². The normalized spacial score (nSPS) is 10.5. The van der Waals surface area contributed by atoms with Crippen LogP contribution in [0.3, 0.4) is 0 Å². The van der Waals surface area contributed by atoms with Crippen LogP contribution in [-0.2, 0) is 0 Å². The lowest BCUT2D eigenvalue weighted by Gasteiger charge is -2.14. The number of aromatic nitrogens is 2. The van der Waals surface area contributed by atoms with Gasteiger partial charge >= 0.3 is 0 Å². The predicted octanol–water partition coefficient (Wildman–Crippen LogP) is 4.56. The number of H-pyrrole nitrogens is 1. The first kappa shape index (κ1) is 20.0. The lowest BCUT2D eigenvalue weighted by molar-refractivity contribution is 0.101. The van der Waals surface area contributed by atoms with Gasteiger partial charge < -0.3 is 5.32 Å². The summed E-state index contributed by atoms with van der Waals surface area (Å²) < 4.78 is 0. The number of ketones is 1. The first-order valence-electron chi connectivity index (χ1n) is 9.70. The van der Waals surface area contributed by atoms with Gasteiger partial charge in [0.2, 0.25) is 0 Å². The number of benzene rings is 3. The Morgan fingerprint density at radius 2 is 1.48 bits per heavy atom. The van der Waals surface area contributed by atoms with E-state index in [1.165, 1.54) is 6.92 Å². The van der Waals surface area contributed by atoms with E-state index in [4.69, 9.17) is 0 Å². The topological polar surface area (TPSA) is 91.9 Å². The van der Waals surface area contributed by atoms with Crippen LogP contribution >= 0.6 is 0 Å². The highest BCUT2D eigenvalue weighted by atomic mass is 16.2. The number of Topliss-reactive ketones (excluding diaryl/α,β-unsaturated/α-hetero) is 1. The molecule has 0 radical (unpaired) electrons. The predicted molar refractivity (Wildman–Crippen MR) is 120 cm³/mol. The van der Waals surface area contributed by atoms with Gasteiger partial charge in [0.1, 0.15) is 5.56 Å². The number of anilines is 1. The second kappa shape index (κ2) is 8.59. The molecular weight excluding hydrogens is 390 g/mol. The second-order valence-electron chi connectivity index (χ2n) is 6.97. The zero-order valence-corrected chi connectivity index (χ0v) is 16.8. The summed E-state index contributed by atoms with van der Waals surface area (Å²) >= 11 is 0. The van der Waals surface area contributed by atoms with Crippen LogP contribution in [0.15, 0.2) is 89.7 Å². The van der Waals surface area contributed by atoms with Gasteiger partial charge in [-0.2, -0.15) is 5.10 Å². The van der Waals surface area contributed by atoms with Crippen LogP contribution in [0.4, 0.5) is 5.69 Å². The minimum absolute atomic E-state index is 0.0479. The van der Waals surface area contributed by atoms with Gasteiger partial charge in [0, 0.05) is 22.4 Å². The molecule has 0 unspecified atom stereocenters. The number of carbonyl (C=O) groups is 2. The minimum Gasteiger partial charge on any atom is -0.322 e. The maximum absolute atomic E-state index is 13.2. The smallest absolute Gasteiger partial charge is 0.277 e. The fraction of sp³-hybridized carbons (Fsp3) is 0.0400. The molecule has 1 amide bonds. The molecule has 6 heteroatoms. The van der Waals surface area contributed by atoms with Crippen molar-refractivity contribution in [2.24, 2.45) is 0 Å². The molecule has 4 aromatic rings. The van der Waals surface area contributed by atoms with Gasteiger partial charge in [0.05, 0.1) is 5.69 Å². The van der Waals surface area contributed by atoms with Crippen LogP contribution in [0.2, 0.25) is 0 Å². The van der Waals surface area contributed by atoms with Crippen LogP contribution in [0.5, 0.6) is 0 Å². The highest BCUT2D eigenvalue weighted by Gasteiger charge is 2.23. The van der Waals surface area contributed by atoms with Crippen LogP contribution in [0.1, 0.15) is 27.6 Å². The molecule has 0 saturated heterocycles. The van der Waals surface area contributed by atoms with Crippen molar-refractivity contribution in [1.82, 2.24) is 10.2 Å². The molecule has 0 saturated carbocycles. The Labute approximate surface area is 178 Å². The summed E-state index contributed by atoms with van der Waals surface area (Å²) in [6.07, 6.45) is 0. The summed E-state index contributed by atoms with van der Waals surface area (Å²) in [5.74, 6) is -0.699. The Hall–Kier alpha value is -4.32. The van der Waals surface area contributed by atoms with Gasteiger partial charge in [-0.3, -0.25) is 14.4 Å². The summed E-state index contributed by atoms with van der Waals surface area (Å²) in [6.45, 7) is 1.45. The Morgan fingerprint density at radius 3 is 2.13 bits per heavy atom. The SMILES string of the molecule is CC(=O)c1cccc(NC(=O)c2c(-c3ccccc3)c(-c3ccccc3)n[nH]c2=O)c1. The van der Waals surface area contributed by atoms with Gasteiger partial charge in [-0.1, -0.05) is 72.8 Å². The lowest BCUT2D eigenvalue weighted by atomic mass is 9.95. The molecule has 0 aliphatic heterocycles. The van der Waals surface area contributed by atoms with Crippen LogP contribution in [-0.4, -0.2) is 21.9 Å². The number of amides is 1. The van der Waals surface area contributed by atoms with E-state index in [2.05, 4.69) is 15.5 Å². The second-order valence-corrected chi connectivity index (χ2v) is 6.97. The van der Waals surface area contributed by atoms with Crippen LogP contribution in [0.25, 0.3) is 22.4 Å². The van der Waals surface area contributed by atoms with E-state index in [0.29, 0.717) is 28.1 Å². The van der Waals surface area contributed by atoms with Gasteiger partial charge in [-0.15, -0.1) is 0 Å². The van der Waals surface area contributed by atoms with E-state index < -0.39 is 11.5 Å². The average molecular weight is 409 g/mol. The van der Waals surface area contributed by atoms with E-state index >= 15 is 0 Å². The fourth-order valence-electron chi connectivity index (χ4n) is 3.37. The van der Waals surface area contributed by atoms with E-state index in [0.717, 1.165) is 5.56 Å². The Kier molecular flexibility index (Phi) is 5.53. The zero-order valence-electron chi connectivity index (χ0n) is 16.8. The van der Waals surface area contributed by atoms with Gasteiger partial charge in [-0.25, -0.2) is 5.10 Å². The standard InChI is InChI=1S/C25H19N3O3/c1-16(29)19-13-8-14-20(15-19)26-24(30)22-21(17-9-4-2-5-10-17)23(27-28-25(22)31)18-11-6-3-7-12-18/h2-15H,1H3,(H,26,30)(H,28,31). The summed E-state index contributed by atoms with van der Waals surface area (Å²) in [5, 5.41) is 9.45. The Morgan fingerprint density at radius 1 is 0.839 bits per heavy atom. The molecule has 0 spiro atoms. The van der Waals surface area contributed by atoms with E-state index in [-0.39, 0.29) is 11.3 Å². The summed E-state index contributed by atoms with van der Waals surface area (Å²) in [6, 6.07) is 25.1.